The van der Waals surface area contributed by atoms with E-state index in [2.05, 4.69) is 15.8 Å². The van der Waals surface area contributed by atoms with E-state index >= 15 is 0 Å². The van der Waals surface area contributed by atoms with Gasteiger partial charge in [0, 0.05) is 6.54 Å². The molecule has 2 N–H and O–H groups in total. The summed E-state index contributed by atoms with van der Waals surface area (Å²) in [7, 11) is 1.58. The van der Waals surface area contributed by atoms with E-state index in [1.165, 1.54) is 6.21 Å². The number of amides is 2. The van der Waals surface area contributed by atoms with Gasteiger partial charge in [0.25, 0.3) is 0 Å². The third-order valence-electron chi connectivity index (χ3n) is 3.00. The second kappa shape index (κ2) is 8.33. The Balaban J connectivity index is 1.79. The van der Waals surface area contributed by atoms with E-state index in [1.807, 2.05) is 30.3 Å². The Labute approximate surface area is 134 Å². The lowest BCUT2D eigenvalue weighted by atomic mass is 10.2. The lowest BCUT2D eigenvalue weighted by Gasteiger charge is -2.03. The zero-order chi connectivity index (χ0) is 16.5. The minimum absolute atomic E-state index is 0.287. The number of carbonyl (C=O) groups excluding carboxylic acids is 2. The molecule has 0 aliphatic rings. The molecule has 6 heteroatoms. The van der Waals surface area contributed by atoms with Gasteiger partial charge in [-0.1, -0.05) is 30.3 Å². The van der Waals surface area contributed by atoms with Crippen molar-refractivity contribution in [1.82, 2.24) is 10.7 Å². The molecule has 0 heterocycles. The van der Waals surface area contributed by atoms with Crippen LogP contribution in [0.3, 0.4) is 0 Å². The minimum Gasteiger partial charge on any atom is -0.497 e. The van der Waals surface area contributed by atoms with Gasteiger partial charge in [-0.2, -0.15) is 5.10 Å². The van der Waals surface area contributed by atoms with Crippen molar-refractivity contribution in [2.45, 2.75) is 6.54 Å². The second-order valence-electron chi connectivity index (χ2n) is 4.64. The van der Waals surface area contributed by atoms with Crippen molar-refractivity contribution in [3.05, 3.63) is 65.7 Å². The summed E-state index contributed by atoms with van der Waals surface area (Å²) >= 11 is 0. The van der Waals surface area contributed by atoms with Gasteiger partial charge in [-0.3, -0.25) is 9.59 Å². The maximum absolute atomic E-state index is 11.6. The quantitative estimate of drug-likeness (QED) is 0.498. The minimum atomic E-state index is -0.814. The molecule has 0 saturated carbocycles. The van der Waals surface area contributed by atoms with Crippen molar-refractivity contribution in [2.75, 3.05) is 7.11 Å². The highest BCUT2D eigenvalue weighted by molar-refractivity contribution is 6.35. The van der Waals surface area contributed by atoms with Crippen LogP contribution in [0.15, 0.2) is 59.7 Å². The molecule has 0 atom stereocenters. The molecule has 0 unspecified atom stereocenters. The van der Waals surface area contributed by atoms with Crippen LogP contribution in [0.25, 0.3) is 0 Å². The number of hydrazone groups is 1. The van der Waals surface area contributed by atoms with Crippen LogP contribution in [0.1, 0.15) is 11.1 Å². The molecular formula is C17H17N3O3. The average Bonchev–Trinajstić information content (AvgIpc) is 2.61. The molecule has 2 aromatic rings. The van der Waals surface area contributed by atoms with Crippen LogP contribution in [0.5, 0.6) is 5.75 Å². The molecule has 2 amide bonds. The summed E-state index contributed by atoms with van der Waals surface area (Å²) in [6.45, 7) is 0.287. The summed E-state index contributed by atoms with van der Waals surface area (Å²) in [5.41, 5.74) is 3.87. The first-order valence-electron chi connectivity index (χ1n) is 6.98. The van der Waals surface area contributed by atoms with Crippen molar-refractivity contribution in [1.29, 1.82) is 0 Å². The van der Waals surface area contributed by atoms with Crippen LogP contribution in [0.4, 0.5) is 0 Å². The second-order valence-corrected chi connectivity index (χ2v) is 4.64. The molecule has 0 aliphatic carbocycles. The lowest BCUT2D eigenvalue weighted by Crippen LogP contribution is -2.37. The van der Waals surface area contributed by atoms with E-state index in [-0.39, 0.29) is 6.54 Å². The zero-order valence-electron chi connectivity index (χ0n) is 12.7. The van der Waals surface area contributed by atoms with Gasteiger partial charge in [-0.05, 0) is 35.4 Å². The molecule has 0 aliphatic heterocycles. The number of carbonyl (C=O) groups is 2. The van der Waals surface area contributed by atoms with Gasteiger partial charge in [0.05, 0.1) is 13.3 Å². The average molecular weight is 311 g/mol. The molecule has 2 aromatic carbocycles. The van der Waals surface area contributed by atoms with Crippen molar-refractivity contribution >= 4 is 18.0 Å². The summed E-state index contributed by atoms with van der Waals surface area (Å²) in [6, 6.07) is 16.4. The molecule has 23 heavy (non-hydrogen) atoms. The number of nitrogens with zero attached hydrogens (tertiary/aromatic N) is 1. The highest BCUT2D eigenvalue weighted by Gasteiger charge is 2.11. The number of hydrogen-bond donors (Lipinski definition) is 2. The van der Waals surface area contributed by atoms with E-state index in [9.17, 15) is 9.59 Å². The van der Waals surface area contributed by atoms with Gasteiger partial charge in [0.2, 0.25) is 0 Å². The van der Waals surface area contributed by atoms with Gasteiger partial charge in [-0.15, -0.1) is 0 Å². The number of hydrogen-bond acceptors (Lipinski definition) is 4. The highest BCUT2D eigenvalue weighted by atomic mass is 16.5. The molecule has 0 spiro atoms. The lowest BCUT2D eigenvalue weighted by molar-refractivity contribution is -0.139. The zero-order valence-corrected chi connectivity index (χ0v) is 12.7. The summed E-state index contributed by atoms with van der Waals surface area (Å²) in [5.74, 6) is -0.821. The standard InChI is InChI=1S/C17H17N3O3/c1-23-15-9-7-14(8-10-15)12-19-20-17(22)16(21)18-11-13-5-3-2-4-6-13/h2-10,12H,11H2,1H3,(H,18,21)(H,20,22)/b19-12-. The predicted molar refractivity (Wildman–Crippen MR) is 87.0 cm³/mol. The first-order valence-corrected chi connectivity index (χ1v) is 6.98. The normalized spacial score (nSPS) is 10.3. The summed E-state index contributed by atoms with van der Waals surface area (Å²) in [4.78, 5) is 23.2. The van der Waals surface area contributed by atoms with E-state index in [1.54, 1.807) is 31.4 Å². The number of ether oxygens (including phenoxy) is 1. The highest BCUT2D eigenvalue weighted by Crippen LogP contribution is 2.09. The summed E-state index contributed by atoms with van der Waals surface area (Å²) in [5, 5.41) is 6.27. The summed E-state index contributed by atoms with van der Waals surface area (Å²) < 4.78 is 5.04. The van der Waals surface area contributed by atoms with Crippen molar-refractivity contribution in [3.63, 3.8) is 0 Å². The van der Waals surface area contributed by atoms with Crippen LogP contribution in [0.2, 0.25) is 0 Å². The van der Waals surface area contributed by atoms with Gasteiger partial charge in [0.15, 0.2) is 0 Å². The van der Waals surface area contributed by atoms with Gasteiger partial charge in [0.1, 0.15) is 5.75 Å². The Morgan fingerprint density at radius 2 is 1.74 bits per heavy atom. The molecule has 0 saturated heterocycles. The fourth-order valence-electron chi connectivity index (χ4n) is 1.76. The van der Waals surface area contributed by atoms with Crippen LogP contribution >= 0.6 is 0 Å². The topological polar surface area (TPSA) is 79.8 Å². The van der Waals surface area contributed by atoms with E-state index in [0.717, 1.165) is 16.9 Å². The van der Waals surface area contributed by atoms with Crippen LogP contribution < -0.4 is 15.5 Å². The third-order valence-corrected chi connectivity index (χ3v) is 3.00. The summed E-state index contributed by atoms with van der Waals surface area (Å²) in [6.07, 6.45) is 1.45. The van der Waals surface area contributed by atoms with E-state index in [0.29, 0.717) is 0 Å². The fourth-order valence-corrected chi connectivity index (χ4v) is 1.76. The molecule has 0 radical (unpaired) electrons. The Kier molecular flexibility index (Phi) is 5.88. The SMILES string of the molecule is COc1ccc(/C=N\NC(=O)C(=O)NCc2ccccc2)cc1. The Morgan fingerprint density at radius 1 is 1.04 bits per heavy atom. The number of methoxy groups -OCH3 is 1. The van der Waals surface area contributed by atoms with Crippen LogP contribution in [-0.4, -0.2) is 25.1 Å². The number of benzene rings is 2. The molecule has 2 rings (SSSR count). The molecule has 6 nitrogen and oxygen atoms in total. The van der Waals surface area contributed by atoms with Crippen LogP contribution in [0, 0.1) is 0 Å². The number of nitrogens with one attached hydrogen (secondary N) is 2. The monoisotopic (exact) mass is 311 g/mol. The van der Waals surface area contributed by atoms with Crippen LogP contribution in [-0.2, 0) is 16.1 Å². The van der Waals surface area contributed by atoms with Gasteiger partial charge < -0.3 is 10.1 Å². The Hall–Kier alpha value is -3.15. The van der Waals surface area contributed by atoms with Crippen molar-refractivity contribution < 1.29 is 14.3 Å². The maximum Gasteiger partial charge on any atom is 0.329 e. The Morgan fingerprint density at radius 3 is 2.39 bits per heavy atom. The predicted octanol–water partition coefficient (Wildman–Crippen LogP) is 1.46. The smallest absolute Gasteiger partial charge is 0.329 e. The largest absolute Gasteiger partial charge is 0.497 e. The third kappa shape index (κ3) is 5.28. The molecule has 0 fully saturated rings. The molecule has 118 valence electrons. The van der Waals surface area contributed by atoms with E-state index in [4.69, 9.17) is 4.74 Å². The van der Waals surface area contributed by atoms with Crippen molar-refractivity contribution in [2.24, 2.45) is 5.10 Å². The first-order chi connectivity index (χ1) is 11.2. The maximum atomic E-state index is 11.6. The number of rotatable bonds is 5. The van der Waals surface area contributed by atoms with E-state index < -0.39 is 11.8 Å². The molecular weight excluding hydrogens is 294 g/mol. The Bertz CT molecular complexity index is 682. The molecule has 0 bridgehead atoms. The van der Waals surface area contributed by atoms with Gasteiger partial charge in [-0.25, -0.2) is 5.43 Å². The van der Waals surface area contributed by atoms with Gasteiger partial charge >= 0.3 is 11.8 Å². The fraction of sp³-hybridized carbons (Fsp3) is 0.118. The molecule has 0 aromatic heterocycles. The first kappa shape index (κ1) is 16.2. The van der Waals surface area contributed by atoms with Crippen molar-refractivity contribution in [3.8, 4) is 5.75 Å².